The summed E-state index contributed by atoms with van der Waals surface area (Å²) in [5, 5.41) is 6.22. The molecule has 16 heteroatoms. The molecule has 548 valence electrons. The van der Waals surface area contributed by atoms with E-state index < -0.39 is 45.3 Å². The van der Waals surface area contributed by atoms with Gasteiger partial charge < -0.3 is 17.6 Å². The van der Waals surface area contributed by atoms with E-state index in [4.69, 9.17) is 0 Å². The van der Waals surface area contributed by atoms with Crippen molar-refractivity contribution in [2.45, 2.75) is 13.8 Å². The molecule has 0 N–H and O–H groups in total. The van der Waals surface area contributed by atoms with Crippen LogP contribution in [0, 0.1) is 37.1 Å². The van der Waals surface area contributed by atoms with E-state index in [0.29, 0.717) is 109 Å². The molecule has 8 heterocycles. The molecular weight excluding hydrogens is 1460 g/mol. The number of pyridine rings is 8. The Hall–Kier alpha value is -15.4. The van der Waals surface area contributed by atoms with Crippen LogP contribution in [0.15, 0.2) is 317 Å². The zero-order chi connectivity index (χ0) is 78.9. The van der Waals surface area contributed by atoms with Crippen LogP contribution in [-0.4, -0.2) is 17.6 Å². The molecule has 0 amide bonds. The van der Waals surface area contributed by atoms with Crippen LogP contribution in [-0.2, 0) is 0 Å². The Morgan fingerprint density at radius 3 is 0.750 bits per heavy atom. The molecule has 23 rings (SSSR count). The van der Waals surface area contributed by atoms with Crippen molar-refractivity contribution in [1.82, 2.24) is 17.6 Å². The van der Waals surface area contributed by atoms with E-state index in [1.165, 1.54) is 36.4 Å². The van der Waals surface area contributed by atoms with E-state index in [1.807, 2.05) is 135 Å². The summed E-state index contributed by atoms with van der Waals surface area (Å²) in [6.45, 7) is 3.84. The first-order chi connectivity index (χ1) is 56.4. The fourth-order valence-corrected chi connectivity index (χ4v) is 18.5. The normalized spacial score (nSPS) is 12.2. The molecule has 0 aliphatic carbocycles. The van der Waals surface area contributed by atoms with Gasteiger partial charge in [-0.15, -0.1) is 0 Å². The van der Waals surface area contributed by atoms with E-state index in [9.17, 15) is 38.4 Å². The van der Waals surface area contributed by atoms with E-state index in [-0.39, 0.29) is 65.2 Å². The lowest BCUT2D eigenvalue weighted by Crippen LogP contribution is -2.14. The second-order valence-electron chi connectivity index (χ2n) is 29.9. The third kappa shape index (κ3) is 9.25. The van der Waals surface area contributed by atoms with Crippen molar-refractivity contribution in [1.29, 1.82) is 0 Å². The van der Waals surface area contributed by atoms with Gasteiger partial charge in [-0.25, -0.2) is 17.6 Å². The van der Waals surface area contributed by atoms with Crippen LogP contribution in [0.25, 0.3) is 208 Å². The minimum atomic E-state index is -1.69. The van der Waals surface area contributed by atoms with Crippen molar-refractivity contribution in [3.05, 3.63) is 395 Å². The molecule has 12 nitrogen and oxygen atoms in total. The minimum Gasteiger partial charge on any atom is -0.308 e. The lowest BCUT2D eigenvalue weighted by molar-refractivity contribution is 0.463. The molecule has 116 heavy (non-hydrogen) atoms. The van der Waals surface area contributed by atoms with Crippen molar-refractivity contribution in [3.8, 4) is 55.6 Å². The molecule has 23 aromatic rings. The van der Waals surface area contributed by atoms with Gasteiger partial charge in [-0.05, 0) is 215 Å². The summed E-state index contributed by atoms with van der Waals surface area (Å²) < 4.78 is 72.6. The summed E-state index contributed by atoms with van der Waals surface area (Å²) in [6.07, 6.45) is 0. The molecule has 0 bridgehead atoms. The SMILES string of the molecule is Cc1cc2c(=O)c3ccccc3n3c4ccc(-c5cccc(-c6ccc7c(c6)c(=O)c6cc(C)cc8c(=O)c9ccccc9n7c86)c5-c5ccccc5)cc4c(=O)c(c1)c23.O=c1c2ccccc2n2c3ccc(-c4c(F)c(F)c(-c5ccc6c(c5)c(=O)c5cccc7c(=O)c8ccccc8n6c75)c(F)c4F)cc3c(=O)c3cccc1c32. The first-order valence-corrected chi connectivity index (χ1v) is 37.5. The molecule has 0 aliphatic heterocycles. The third-order valence-electron chi connectivity index (χ3n) is 23.5. The predicted molar refractivity (Wildman–Crippen MR) is 458 cm³/mol. The van der Waals surface area contributed by atoms with Crippen molar-refractivity contribution in [2.75, 3.05) is 0 Å². The molecule has 0 saturated heterocycles. The van der Waals surface area contributed by atoms with Gasteiger partial charge >= 0.3 is 0 Å². The van der Waals surface area contributed by atoms with Crippen LogP contribution in [0.4, 0.5) is 17.6 Å². The smallest absolute Gasteiger partial charge is 0.197 e. The monoisotopic (exact) mass is 1510 g/mol. The average Bonchev–Trinajstić information content (AvgIpc) is 0.721. The summed E-state index contributed by atoms with van der Waals surface area (Å²) >= 11 is 0. The minimum absolute atomic E-state index is 0.0117. The Bertz CT molecular complexity index is 8490. The standard InChI is InChI=1S/C54H32N2O4.C46H20F4N2O4/c1-29-23-40-49-42(25-29)53(59)38-27-32(19-21-46(38)55(49)44-17-8-6-13-36(44)51(40)57)34-15-10-16-35(48(34)31-11-4-3-5-12-31)33-20-22-47-39(28-33)54(60)43-26-30(2)24-41-50(43)56(47)45-18-9-7-14-37(45)52(41)58;47-37-35(21-15-17-33-29(19-21)45(55)27-11-5-9-25-41(27)51(33)31-13-3-1-7-23(31)43(25)53)38(48)40(50)36(39(37)49)22-16-18-34-30(20-22)46(56)28-12-6-10-26-42(28)52(34)32-14-4-2-8-24(32)44(26)54/h3-28H,1-2H3;1-20H. The Kier molecular flexibility index (Phi) is 14.3. The topological polar surface area (TPSA) is 154 Å². The Morgan fingerprint density at radius 1 is 0.190 bits per heavy atom. The van der Waals surface area contributed by atoms with Gasteiger partial charge in [-0.1, -0.05) is 133 Å². The number of halogens is 4. The van der Waals surface area contributed by atoms with E-state index in [1.54, 1.807) is 93.7 Å². The van der Waals surface area contributed by atoms with E-state index >= 15 is 17.6 Å². The fourth-order valence-electron chi connectivity index (χ4n) is 18.5. The van der Waals surface area contributed by atoms with Crippen LogP contribution >= 0.6 is 0 Å². The lowest BCUT2D eigenvalue weighted by atomic mass is 9.86. The first-order valence-electron chi connectivity index (χ1n) is 37.5. The fraction of sp³-hybridized carbons (Fsp3) is 0.0200. The van der Waals surface area contributed by atoms with Crippen LogP contribution < -0.4 is 43.4 Å². The van der Waals surface area contributed by atoms with Crippen molar-refractivity contribution >= 4 is 152 Å². The Balaban J connectivity index is 0.000000141. The Morgan fingerprint density at radius 2 is 0.422 bits per heavy atom. The maximum absolute atomic E-state index is 16.2. The largest absolute Gasteiger partial charge is 0.308 e. The molecule has 15 aromatic carbocycles. The van der Waals surface area contributed by atoms with Crippen molar-refractivity contribution < 1.29 is 17.6 Å². The number of hydrogen-bond donors (Lipinski definition) is 0. The van der Waals surface area contributed by atoms with Crippen molar-refractivity contribution in [2.24, 2.45) is 0 Å². The zero-order valence-electron chi connectivity index (χ0n) is 61.1. The number of hydrogen-bond acceptors (Lipinski definition) is 8. The third-order valence-corrected chi connectivity index (χ3v) is 23.5. The summed E-state index contributed by atoms with van der Waals surface area (Å²) in [5.74, 6) is -6.77. The van der Waals surface area contributed by atoms with Gasteiger partial charge in [0.25, 0.3) is 0 Å². The highest BCUT2D eigenvalue weighted by Crippen LogP contribution is 2.44. The number of para-hydroxylation sites is 6. The predicted octanol–water partition coefficient (Wildman–Crippen LogP) is 20.4. The molecule has 0 atom stereocenters. The lowest BCUT2D eigenvalue weighted by Gasteiger charge is -2.19. The van der Waals surface area contributed by atoms with Crippen LogP contribution in [0.3, 0.4) is 0 Å². The molecule has 0 spiro atoms. The van der Waals surface area contributed by atoms with Crippen LogP contribution in [0.1, 0.15) is 11.1 Å². The average molecular weight is 1510 g/mol. The molecule has 0 aliphatic rings. The molecule has 0 saturated carbocycles. The highest BCUT2D eigenvalue weighted by Gasteiger charge is 2.31. The maximum atomic E-state index is 16.2. The highest BCUT2D eigenvalue weighted by atomic mass is 19.2. The molecular formula is C100H52F4N4O8. The van der Waals surface area contributed by atoms with Gasteiger partial charge in [0.1, 0.15) is 0 Å². The molecule has 8 aromatic heterocycles. The molecule has 0 radical (unpaired) electrons. The summed E-state index contributed by atoms with van der Waals surface area (Å²) in [6, 6.07) is 82.1. The molecule has 0 unspecified atom stereocenters. The van der Waals surface area contributed by atoms with Crippen molar-refractivity contribution in [3.63, 3.8) is 0 Å². The van der Waals surface area contributed by atoms with Gasteiger partial charge in [0.05, 0.1) is 77.3 Å². The van der Waals surface area contributed by atoms with E-state index in [0.717, 1.165) is 66.6 Å². The number of benzene rings is 15. The van der Waals surface area contributed by atoms with E-state index in [2.05, 4.69) is 45.2 Å². The van der Waals surface area contributed by atoms with Gasteiger partial charge in [0, 0.05) is 86.2 Å². The number of fused-ring (bicyclic) bond motifs is 16. The number of aromatic nitrogens is 4. The number of nitrogens with zero attached hydrogens (tertiary/aromatic N) is 4. The molecule has 0 fully saturated rings. The van der Waals surface area contributed by atoms with Crippen LogP contribution in [0.5, 0.6) is 0 Å². The van der Waals surface area contributed by atoms with Gasteiger partial charge in [-0.3, -0.25) is 38.4 Å². The summed E-state index contributed by atoms with van der Waals surface area (Å²) in [4.78, 5) is 111. The van der Waals surface area contributed by atoms with Gasteiger partial charge in [-0.2, -0.15) is 0 Å². The second kappa shape index (κ2) is 24.5. The second-order valence-corrected chi connectivity index (χ2v) is 29.9. The number of rotatable bonds is 5. The quantitative estimate of drug-likeness (QED) is 0.0714. The Labute approximate surface area is 648 Å². The van der Waals surface area contributed by atoms with Crippen LogP contribution in [0.2, 0.25) is 0 Å². The summed E-state index contributed by atoms with van der Waals surface area (Å²) in [7, 11) is 0. The first kappa shape index (κ1) is 67.5. The summed E-state index contributed by atoms with van der Waals surface area (Å²) in [5.41, 5.74) is 9.28. The van der Waals surface area contributed by atoms with Gasteiger partial charge in [0.15, 0.2) is 66.7 Å². The zero-order valence-corrected chi connectivity index (χ0v) is 61.1. The maximum Gasteiger partial charge on any atom is 0.197 e. The highest BCUT2D eigenvalue weighted by molar-refractivity contribution is 6.14. The van der Waals surface area contributed by atoms with Gasteiger partial charge in [0.2, 0.25) is 0 Å². The number of aryl methyl sites for hydroxylation is 2.